The number of nitrogens with zero attached hydrogens (tertiary/aromatic N) is 8. The first-order valence-electron chi connectivity index (χ1n) is 43.5. The van der Waals surface area contributed by atoms with Crippen LogP contribution in [0.25, 0.3) is 0 Å². The number of hydrogen-bond acceptors (Lipinski definition) is 46. The number of aromatic nitrogens is 12. The number of aliphatic hydroxyl groups is 1. The van der Waals surface area contributed by atoms with Gasteiger partial charge in [0.25, 0.3) is 22.2 Å². The summed E-state index contributed by atoms with van der Waals surface area (Å²) >= 11 is 12.9. The number of phosphoric ester groups is 2. The maximum Gasteiger partial charge on any atom is 0.472 e. The highest BCUT2D eigenvalue weighted by molar-refractivity contribution is 8.45. The fourth-order valence-corrected chi connectivity index (χ4v) is 22.3. The number of nitrogens with two attached hydrogens (primary N) is 2. The number of nitrogen functional groups attached to an aromatic ring is 2. The molecule has 58 nitrogen and oxygen atoms in total. The van der Waals surface area contributed by atoms with Crippen LogP contribution in [0.4, 0.5) is 11.6 Å². The smallest absolute Gasteiger partial charge is 0.387 e. The van der Waals surface area contributed by atoms with Crippen molar-refractivity contribution in [2.45, 2.75) is 202 Å². The van der Waals surface area contributed by atoms with Crippen molar-refractivity contribution in [3.63, 3.8) is 0 Å². The SMILES string of the molecule is CC[C@H]1O[C@@H](n2cc(C)c(=O)[nH]c2=O)C[C@H]1OP(=O)(S)OC[C@H]1O[C@@H](n2cc(C)c(=O)[nH]c2=O)C(OCCOC)[C@H]1OP(=O)(O)OC[C@H]1O[C@@H](n2cc(C)c(N)nc2=O)C(OCCOC)[C@H]1OP(=O)(O)OC[C@H]1O[C@@H](n2cc(C)c(N)nc2=O)C(OCCOC)[C@H]1OP(=O)(S)OC[C@H]1O[C@@H](n2cc(C)c(=O)[nH]c2=O)C(OCCOC)[C@H]1OP(=O)(S)OC[C@H]1O[C@@H](n2cc(C)c(=O)[nH]c2=O)C(OCCOC)[C@H]1O. The summed E-state index contributed by atoms with van der Waals surface area (Å²) < 4.78 is 235. The molecule has 0 radical (unpaired) electrons. The Bertz CT molecular complexity index is 6290. The predicted molar refractivity (Wildman–Crippen MR) is 496 cm³/mol. The number of hydrogen-bond donors (Lipinski definition) is 12. The van der Waals surface area contributed by atoms with Crippen molar-refractivity contribution in [1.29, 1.82) is 0 Å². The summed E-state index contributed by atoms with van der Waals surface area (Å²) in [6.45, 7) is -13.0. The molecular weight excluding hydrogens is 2060 g/mol. The number of H-pyrrole nitrogens is 4. The molecule has 6 fully saturated rings. The summed E-state index contributed by atoms with van der Waals surface area (Å²) in [7, 11) is -5.32. The van der Waals surface area contributed by atoms with E-state index in [4.69, 9.17) is 132 Å². The van der Waals surface area contributed by atoms with Gasteiger partial charge in [-0.1, -0.05) is 43.7 Å². The van der Waals surface area contributed by atoms with E-state index >= 15 is 13.7 Å². The molecule has 11 N–H and O–H groups in total. The minimum atomic E-state index is -5.98. The maximum absolute atomic E-state index is 15.5. The summed E-state index contributed by atoms with van der Waals surface area (Å²) in [5.41, 5.74) is 3.32. The molecule has 12 heterocycles. The number of ether oxygens (including phenoxy) is 16. The first kappa shape index (κ1) is 114. The third-order valence-electron chi connectivity index (χ3n) is 22.9. The number of methoxy groups -OCH3 is 5. The van der Waals surface area contributed by atoms with Gasteiger partial charge in [0.1, 0.15) is 109 Å². The lowest BCUT2D eigenvalue weighted by Crippen LogP contribution is -2.42. The van der Waals surface area contributed by atoms with E-state index < -0.39 is 280 Å². The van der Waals surface area contributed by atoms with Crippen molar-refractivity contribution in [1.82, 2.24) is 57.3 Å². The first-order chi connectivity index (χ1) is 67.1. The number of aryl methyl sites for hydroxylation is 6. The van der Waals surface area contributed by atoms with Crippen molar-refractivity contribution >= 4 is 84.4 Å². The van der Waals surface area contributed by atoms with Crippen LogP contribution < -0.4 is 67.8 Å². The Morgan fingerprint density at radius 1 is 0.359 bits per heavy atom. The minimum absolute atomic E-state index is 0.00419. The number of thiol groups is 3. The molecule has 142 heavy (non-hydrogen) atoms. The second-order valence-electron chi connectivity index (χ2n) is 32.9. The van der Waals surface area contributed by atoms with Crippen molar-refractivity contribution in [3.8, 4) is 0 Å². The summed E-state index contributed by atoms with van der Waals surface area (Å²) in [6, 6.07) is 0. The van der Waals surface area contributed by atoms with E-state index in [0.29, 0.717) is 0 Å². The maximum atomic E-state index is 15.5. The lowest BCUT2D eigenvalue weighted by Gasteiger charge is -2.29. The van der Waals surface area contributed by atoms with E-state index in [9.17, 15) is 72.0 Å². The van der Waals surface area contributed by atoms with Crippen molar-refractivity contribution in [2.24, 2.45) is 0 Å². The third kappa shape index (κ3) is 28.2. The van der Waals surface area contributed by atoms with E-state index in [1.54, 1.807) is 6.92 Å². The molecular formula is C76H113N14O44P5S3. The van der Waals surface area contributed by atoms with Crippen molar-refractivity contribution < 1.29 is 159 Å². The molecule has 6 aliphatic heterocycles. The fraction of sp³-hybridized carbons (Fsp3) is 0.684. The fourth-order valence-electron chi connectivity index (χ4n) is 15.9. The third-order valence-corrected chi connectivity index (χ3v) is 29.8. The number of rotatable bonds is 52. The molecule has 10 unspecified atom stereocenters. The Hall–Kier alpha value is -6.88. The molecule has 0 aliphatic carbocycles. The molecule has 0 aromatic carbocycles. The normalized spacial score (nSPS) is 29.4. The minimum Gasteiger partial charge on any atom is -0.387 e. The summed E-state index contributed by atoms with van der Waals surface area (Å²) in [6.07, 6.45) is -32.1. The zero-order valence-electron chi connectivity index (χ0n) is 78.2. The Balaban J connectivity index is 0.844. The number of aliphatic hydroxyl groups excluding tert-OH is 1. The first-order valence-corrected chi connectivity index (χ1v) is 54.6. The van der Waals surface area contributed by atoms with Gasteiger partial charge in [0, 0.05) is 113 Å². The van der Waals surface area contributed by atoms with E-state index in [2.05, 4.69) is 66.6 Å². The molecule has 0 amide bonds. The van der Waals surface area contributed by atoms with Gasteiger partial charge in [0.05, 0.1) is 111 Å². The largest absolute Gasteiger partial charge is 0.472 e. The van der Waals surface area contributed by atoms with Gasteiger partial charge in [0.15, 0.2) is 31.1 Å². The highest BCUT2D eigenvalue weighted by Gasteiger charge is 2.59. The van der Waals surface area contributed by atoms with Gasteiger partial charge in [-0.3, -0.25) is 112 Å². The van der Waals surface area contributed by atoms with E-state index in [1.165, 1.54) is 89.5 Å². The Kier molecular flexibility index (Phi) is 39.7. The molecule has 6 aromatic rings. The Labute approximate surface area is 819 Å². The lowest BCUT2D eigenvalue weighted by atomic mass is 10.1. The van der Waals surface area contributed by atoms with Gasteiger partial charge in [-0.25, -0.2) is 51.6 Å². The van der Waals surface area contributed by atoms with Crippen LogP contribution in [0.15, 0.2) is 85.1 Å². The van der Waals surface area contributed by atoms with E-state index in [0.717, 1.165) is 52.2 Å². The van der Waals surface area contributed by atoms with Crippen LogP contribution in [0.5, 0.6) is 0 Å². The quantitative estimate of drug-likeness (QED) is 0.0133. The van der Waals surface area contributed by atoms with Gasteiger partial charge in [0.2, 0.25) is 0 Å². The second-order valence-corrected chi connectivity index (χ2v) is 44.3. The average molecular weight is 2180 g/mol. The highest BCUT2D eigenvalue weighted by atomic mass is 32.7. The van der Waals surface area contributed by atoms with Crippen molar-refractivity contribution in [3.05, 3.63) is 175 Å². The molecule has 6 saturated heterocycles. The molecule has 0 saturated carbocycles. The van der Waals surface area contributed by atoms with Crippen LogP contribution in [0, 0.1) is 41.5 Å². The average Bonchev–Trinajstić information content (AvgIpc) is 1.62. The molecule has 12 rings (SSSR count). The zero-order chi connectivity index (χ0) is 104. The molecule has 794 valence electrons. The Morgan fingerprint density at radius 2 is 0.627 bits per heavy atom. The standard InChI is InChI=1S/C76H113N14O44P5S3/c1-13-42-43(24-49(124-42)85-27-38(4)62(92)81-73(85)98)130-137(106,140)122-34-47-52(57(116-21-16-111-10)68(128-47)89-29-40(6)64(94)83-75(89)100)132-135(102,103)119-32-45-51(56(115-20-15-110-9)67(126-45)86-25-36(2)60(77)79-71(86)96)131-136(104,105)120-33-46-53(58(117-22-17-112-11)69(127-46)87-26-37(3)61(78)80-72(87)97)133-139(108,142)123-35-48-54(59(118-23-18-113-12)70(129-48)90-30-41(7)65(95)84-76(90)101)134-138(107,141)121-31-44-50(91)55(114-19-14-109-8)66(125-44)88-28-39(5)63(93)82-74(88)99/h25-30,42-59,66-70,91H,13-24,31-35H2,1-12H3,(H,102,103)(H,104,105)(H,106,140)(H,107,141)(H,108,142)(H2,77,79,96)(H2,78,80,97)(H,81,92,98)(H,82,93,99)(H,83,94,100)(H,84,95,101)/t42-,43-,44-,45-,46-,47-,48-,49-,50+,51+,52+,53+,54+,55?,56?,57?,58?,59?,66-,67-,68-,69-,70-,137?,138?,139?/m1/s1. The van der Waals surface area contributed by atoms with Crippen molar-refractivity contribution in [2.75, 3.05) is 146 Å². The van der Waals surface area contributed by atoms with Crippen LogP contribution in [-0.2, 0) is 144 Å². The van der Waals surface area contributed by atoms with Gasteiger partial charge in [-0.15, -0.1) is 0 Å². The molecule has 28 atom stereocenters. The number of aromatic amines is 4. The van der Waals surface area contributed by atoms with E-state index in [1.807, 2.05) is 0 Å². The molecule has 6 aliphatic rings. The highest BCUT2D eigenvalue weighted by Crippen LogP contribution is 2.62. The molecule has 0 bridgehead atoms. The Morgan fingerprint density at radius 3 is 0.958 bits per heavy atom. The van der Waals surface area contributed by atoms with Crippen LogP contribution >= 0.6 is 72.8 Å². The number of phosphoric acid groups is 2. The number of nitrogens with one attached hydrogen (secondary N) is 4. The summed E-state index contributed by atoms with van der Waals surface area (Å²) in [4.78, 5) is 174. The summed E-state index contributed by atoms with van der Waals surface area (Å²) in [5.74, 6) is -0.519. The van der Waals surface area contributed by atoms with Crippen LogP contribution in [0.2, 0.25) is 0 Å². The zero-order valence-corrected chi connectivity index (χ0v) is 85.3. The summed E-state index contributed by atoms with van der Waals surface area (Å²) in [5, 5.41) is 11.7. The second kappa shape index (κ2) is 49.5. The topological polar surface area (TPSA) is 727 Å². The van der Waals surface area contributed by atoms with Gasteiger partial charge in [-0.05, 0) is 48.0 Å². The van der Waals surface area contributed by atoms with Crippen LogP contribution in [-0.4, -0.2) is 311 Å². The van der Waals surface area contributed by atoms with Gasteiger partial charge < -0.3 is 102 Å². The monoisotopic (exact) mass is 2180 g/mol. The van der Waals surface area contributed by atoms with E-state index in [-0.39, 0.29) is 111 Å². The molecule has 6 aromatic heterocycles. The predicted octanol–water partition coefficient (Wildman–Crippen LogP) is -0.257. The van der Waals surface area contributed by atoms with Crippen LogP contribution in [0.3, 0.4) is 0 Å². The van der Waals surface area contributed by atoms with Gasteiger partial charge >= 0.3 is 70.2 Å². The molecule has 0 spiro atoms. The van der Waals surface area contributed by atoms with Crippen LogP contribution in [0.1, 0.15) is 90.5 Å². The lowest BCUT2D eigenvalue weighted by molar-refractivity contribution is -0.0853. The van der Waals surface area contributed by atoms with Gasteiger partial charge in [-0.2, -0.15) is 9.97 Å². The number of anilines is 2. The molecule has 66 heteroatoms.